The van der Waals surface area contributed by atoms with Crippen LogP contribution in [0.3, 0.4) is 0 Å². The number of carbonyl (C=O) groups is 1. The molecule has 0 fully saturated rings. The first-order valence-corrected chi connectivity index (χ1v) is 10.5. The molecule has 4 aromatic rings. The Balaban J connectivity index is 1.72. The van der Waals surface area contributed by atoms with Gasteiger partial charge in [-0.25, -0.2) is 0 Å². The van der Waals surface area contributed by atoms with Crippen molar-refractivity contribution < 1.29 is 4.79 Å². The van der Waals surface area contributed by atoms with E-state index in [0.717, 1.165) is 0 Å². The van der Waals surface area contributed by atoms with E-state index in [2.05, 4.69) is 22.1 Å². The fourth-order valence-corrected chi connectivity index (χ4v) is 4.17. The van der Waals surface area contributed by atoms with Gasteiger partial charge in [-0.15, -0.1) is 16.8 Å². The topological polar surface area (TPSA) is 81.3 Å². The molecule has 0 saturated heterocycles. The quantitative estimate of drug-likeness (QED) is 0.362. The van der Waals surface area contributed by atoms with Crippen molar-refractivity contribution in [1.82, 2.24) is 19.2 Å². The maximum absolute atomic E-state index is 12.9. The monoisotopic (exact) mass is 439 g/mol. The molecule has 152 valence electrons. The second-order valence-electron chi connectivity index (χ2n) is 6.60. The molecule has 0 spiro atoms. The van der Waals surface area contributed by atoms with E-state index in [1.807, 2.05) is 18.2 Å². The number of para-hydroxylation sites is 1. The summed E-state index contributed by atoms with van der Waals surface area (Å²) in [4.78, 5) is 25.5. The molecule has 0 aliphatic heterocycles. The van der Waals surface area contributed by atoms with Crippen LogP contribution in [0, 0.1) is 0 Å². The molecular weight excluding hydrogens is 422 g/mol. The van der Waals surface area contributed by atoms with Gasteiger partial charge in [0.25, 0.3) is 5.56 Å². The van der Waals surface area contributed by atoms with E-state index >= 15 is 0 Å². The van der Waals surface area contributed by atoms with E-state index < -0.39 is 5.25 Å². The Morgan fingerprint density at radius 1 is 1.27 bits per heavy atom. The minimum atomic E-state index is -0.463. The van der Waals surface area contributed by atoms with Crippen LogP contribution in [-0.2, 0) is 11.3 Å². The van der Waals surface area contributed by atoms with Crippen LogP contribution in [0.2, 0.25) is 5.02 Å². The molecule has 1 N–H and O–H groups in total. The Labute approximate surface area is 181 Å². The average molecular weight is 440 g/mol. The number of allylic oxidation sites excluding steroid dienone is 1. The van der Waals surface area contributed by atoms with Gasteiger partial charge in [0.2, 0.25) is 11.7 Å². The van der Waals surface area contributed by atoms with Gasteiger partial charge < -0.3 is 5.32 Å². The molecule has 2 heterocycles. The second kappa shape index (κ2) is 8.33. The highest BCUT2D eigenvalue weighted by atomic mass is 35.5. The van der Waals surface area contributed by atoms with Crippen LogP contribution < -0.4 is 10.9 Å². The van der Waals surface area contributed by atoms with Gasteiger partial charge >= 0.3 is 0 Å². The number of rotatable bonds is 6. The number of aromatic nitrogens is 4. The van der Waals surface area contributed by atoms with Crippen molar-refractivity contribution in [2.45, 2.75) is 23.9 Å². The third-order valence-corrected chi connectivity index (χ3v) is 5.81. The molecule has 30 heavy (non-hydrogen) atoms. The van der Waals surface area contributed by atoms with E-state index in [9.17, 15) is 9.59 Å². The average Bonchev–Trinajstić information content (AvgIpc) is 3.14. The normalized spacial score (nSPS) is 12.2. The largest absolute Gasteiger partial charge is 0.325 e. The van der Waals surface area contributed by atoms with E-state index in [-0.39, 0.29) is 11.5 Å². The molecule has 0 aliphatic carbocycles. The maximum atomic E-state index is 12.9. The van der Waals surface area contributed by atoms with E-state index in [1.54, 1.807) is 47.7 Å². The van der Waals surface area contributed by atoms with Crippen molar-refractivity contribution in [3.63, 3.8) is 0 Å². The van der Waals surface area contributed by atoms with Crippen molar-refractivity contribution in [2.24, 2.45) is 0 Å². The van der Waals surface area contributed by atoms with Crippen LogP contribution in [0.25, 0.3) is 16.7 Å². The van der Waals surface area contributed by atoms with Crippen LogP contribution in [0.5, 0.6) is 0 Å². The molecule has 0 bridgehead atoms. The summed E-state index contributed by atoms with van der Waals surface area (Å²) < 4.78 is 3.32. The van der Waals surface area contributed by atoms with Crippen LogP contribution in [0.4, 0.5) is 5.69 Å². The molecule has 1 atom stereocenters. The van der Waals surface area contributed by atoms with Crippen LogP contribution in [0.15, 0.2) is 71.1 Å². The predicted molar refractivity (Wildman–Crippen MR) is 120 cm³/mol. The Kier molecular flexibility index (Phi) is 5.61. The van der Waals surface area contributed by atoms with Gasteiger partial charge in [0.05, 0.1) is 16.2 Å². The summed E-state index contributed by atoms with van der Waals surface area (Å²) in [5.74, 6) is 0.214. The summed E-state index contributed by atoms with van der Waals surface area (Å²) >= 11 is 7.25. The third-order valence-electron chi connectivity index (χ3n) is 4.53. The first-order chi connectivity index (χ1) is 14.5. The molecule has 0 aliphatic rings. The lowest BCUT2D eigenvalue weighted by molar-refractivity contribution is -0.115. The summed E-state index contributed by atoms with van der Waals surface area (Å²) in [6.07, 6.45) is 1.64. The fourth-order valence-electron chi connectivity index (χ4n) is 3.13. The Bertz CT molecular complexity index is 1330. The van der Waals surface area contributed by atoms with Crippen LogP contribution in [-0.4, -0.2) is 30.3 Å². The lowest BCUT2D eigenvalue weighted by Crippen LogP contribution is -2.24. The summed E-state index contributed by atoms with van der Waals surface area (Å²) in [5, 5.41) is 12.5. The van der Waals surface area contributed by atoms with Crippen molar-refractivity contribution in [3.8, 4) is 0 Å². The summed E-state index contributed by atoms with van der Waals surface area (Å²) in [6.45, 7) is 5.82. The highest BCUT2D eigenvalue weighted by Crippen LogP contribution is 2.26. The van der Waals surface area contributed by atoms with Gasteiger partial charge in [-0.05, 0) is 37.3 Å². The molecule has 2 aromatic heterocycles. The molecule has 0 saturated carbocycles. The fraction of sp³-hybridized carbons (Fsp3) is 0.143. The lowest BCUT2D eigenvalue weighted by atomic mass is 10.2. The number of hydrogen-bond donors (Lipinski definition) is 1. The number of benzene rings is 2. The lowest BCUT2D eigenvalue weighted by Gasteiger charge is -2.13. The molecule has 0 unspecified atom stereocenters. The Morgan fingerprint density at radius 3 is 2.83 bits per heavy atom. The zero-order valence-electron chi connectivity index (χ0n) is 16.1. The Hall–Kier alpha value is -3.10. The van der Waals surface area contributed by atoms with Crippen molar-refractivity contribution >= 4 is 51.6 Å². The zero-order valence-corrected chi connectivity index (χ0v) is 17.7. The minimum absolute atomic E-state index is 0.159. The van der Waals surface area contributed by atoms with Gasteiger partial charge in [-0.1, -0.05) is 47.6 Å². The Morgan fingerprint density at radius 2 is 2.07 bits per heavy atom. The van der Waals surface area contributed by atoms with Gasteiger partial charge in [-0.3, -0.25) is 18.6 Å². The number of thioether (sulfide) groups is 1. The first kappa shape index (κ1) is 20.2. The van der Waals surface area contributed by atoms with E-state index in [1.165, 1.54) is 16.3 Å². The van der Waals surface area contributed by atoms with Gasteiger partial charge in [0, 0.05) is 17.3 Å². The summed E-state index contributed by atoms with van der Waals surface area (Å²) in [6, 6.07) is 14.2. The smallest absolute Gasteiger partial charge is 0.263 e. The number of anilines is 1. The molecule has 7 nitrogen and oxygen atoms in total. The number of hydrogen-bond acceptors (Lipinski definition) is 5. The number of carbonyl (C=O) groups excluding carboxylic acids is 1. The van der Waals surface area contributed by atoms with Crippen molar-refractivity contribution in [3.05, 3.63) is 76.6 Å². The molecular formula is C21H18ClN5O2S. The van der Waals surface area contributed by atoms with Gasteiger partial charge in [0.1, 0.15) is 0 Å². The number of halogens is 1. The molecule has 4 rings (SSSR count). The number of nitrogens with zero attached hydrogens (tertiary/aromatic N) is 4. The molecule has 9 heteroatoms. The number of fused-ring (bicyclic) bond motifs is 3. The standard InChI is InChI=1S/C21H18ClN5O2S/c1-3-11-26-19(29)16-9-4-5-10-17(16)27-20(26)24-25-21(27)30-13(2)18(28)23-15-8-6-7-14(22)12-15/h3-10,12-13H,1,11H2,2H3,(H,23,28)/t13-/m0/s1. The molecule has 2 aromatic carbocycles. The highest BCUT2D eigenvalue weighted by Gasteiger charge is 2.21. The third kappa shape index (κ3) is 3.71. The number of amides is 1. The zero-order chi connectivity index (χ0) is 21.3. The maximum Gasteiger partial charge on any atom is 0.263 e. The van der Waals surface area contributed by atoms with Crippen LogP contribution >= 0.6 is 23.4 Å². The predicted octanol–water partition coefficient (Wildman–Crippen LogP) is 4.00. The van der Waals surface area contributed by atoms with Gasteiger partial charge in [-0.2, -0.15) is 0 Å². The molecule has 0 radical (unpaired) electrons. The van der Waals surface area contributed by atoms with Crippen molar-refractivity contribution in [2.75, 3.05) is 5.32 Å². The summed E-state index contributed by atoms with van der Waals surface area (Å²) in [7, 11) is 0. The minimum Gasteiger partial charge on any atom is -0.325 e. The highest BCUT2D eigenvalue weighted by molar-refractivity contribution is 8.00. The number of nitrogens with one attached hydrogen (secondary N) is 1. The van der Waals surface area contributed by atoms with Gasteiger partial charge in [0.15, 0.2) is 5.16 Å². The summed E-state index contributed by atoms with van der Waals surface area (Å²) in [5.41, 5.74) is 1.15. The molecule has 1 amide bonds. The SMILES string of the molecule is C=CCn1c(=O)c2ccccc2n2c(S[C@@H](C)C(=O)Nc3cccc(Cl)c3)nnc12. The van der Waals surface area contributed by atoms with E-state index in [4.69, 9.17) is 11.6 Å². The van der Waals surface area contributed by atoms with Crippen molar-refractivity contribution in [1.29, 1.82) is 0 Å². The van der Waals surface area contributed by atoms with E-state index in [0.29, 0.717) is 39.1 Å². The second-order valence-corrected chi connectivity index (χ2v) is 8.34. The first-order valence-electron chi connectivity index (χ1n) is 9.20. The van der Waals surface area contributed by atoms with Crippen LogP contribution in [0.1, 0.15) is 6.92 Å².